The lowest BCUT2D eigenvalue weighted by molar-refractivity contribution is -0.121. The zero-order chi connectivity index (χ0) is 23.0. The van der Waals surface area contributed by atoms with Crippen LogP contribution in [0.5, 0.6) is 5.75 Å². The summed E-state index contributed by atoms with van der Waals surface area (Å²) in [6.45, 7) is 10.8. The minimum Gasteiger partial charge on any atom is -0.496 e. The zero-order valence-corrected chi connectivity index (χ0v) is 20.1. The van der Waals surface area contributed by atoms with Crippen LogP contribution in [0.3, 0.4) is 0 Å². The van der Waals surface area contributed by atoms with Gasteiger partial charge >= 0.3 is 0 Å². The molecular weight excluding hydrogens is 384 g/mol. The van der Waals surface area contributed by atoms with Crippen molar-refractivity contribution in [1.29, 1.82) is 0 Å². The maximum absolute atomic E-state index is 12.4. The first-order valence-electron chi connectivity index (χ1n) is 11.6. The Morgan fingerprint density at radius 3 is 2.29 bits per heavy atom. The van der Waals surface area contributed by atoms with Gasteiger partial charge in [-0.25, -0.2) is 0 Å². The summed E-state index contributed by atoms with van der Waals surface area (Å²) in [6, 6.07) is 11.8. The normalized spacial score (nSPS) is 18.2. The second-order valence-electron chi connectivity index (χ2n) is 9.03. The first-order chi connectivity index (χ1) is 14.8. The van der Waals surface area contributed by atoms with Gasteiger partial charge in [-0.1, -0.05) is 39.0 Å². The highest BCUT2D eigenvalue weighted by Gasteiger charge is 2.27. The van der Waals surface area contributed by atoms with Crippen molar-refractivity contribution in [2.24, 2.45) is 17.8 Å². The Morgan fingerprint density at radius 1 is 1.10 bits per heavy atom. The molecule has 1 aliphatic carbocycles. The van der Waals surface area contributed by atoms with Crippen molar-refractivity contribution in [2.45, 2.75) is 66.7 Å². The highest BCUT2D eigenvalue weighted by atomic mass is 16.5. The standard InChI is InChI=1S/C18H27NO2.C9H13N/c1-12(2)14-6-8-15(9-7-14)18(20)19-16-10-5-13(3)17(11-16)21-4;1-3-8-7(2)5-4-6-9(8)10/h5,10-12,14-15H,6-9H2,1-4H3,(H,19,20);4-6H,3,10H2,1-2H3. The maximum Gasteiger partial charge on any atom is 0.227 e. The van der Waals surface area contributed by atoms with Crippen LogP contribution in [0.4, 0.5) is 11.4 Å². The third-order valence-electron chi connectivity index (χ3n) is 6.56. The Labute approximate surface area is 188 Å². The quantitative estimate of drug-likeness (QED) is 0.535. The number of aryl methyl sites for hydroxylation is 2. The molecule has 1 fully saturated rings. The molecule has 0 heterocycles. The number of benzene rings is 2. The molecule has 1 aliphatic rings. The van der Waals surface area contributed by atoms with Gasteiger partial charge < -0.3 is 15.8 Å². The molecule has 2 aromatic rings. The Kier molecular flexibility index (Phi) is 9.42. The number of nitrogen functional groups attached to an aromatic ring is 1. The smallest absolute Gasteiger partial charge is 0.227 e. The molecule has 0 radical (unpaired) electrons. The molecule has 0 aromatic heterocycles. The van der Waals surface area contributed by atoms with Crippen molar-refractivity contribution in [2.75, 3.05) is 18.2 Å². The van der Waals surface area contributed by atoms with Crippen molar-refractivity contribution >= 4 is 17.3 Å². The SMILES string of the molecule is CCc1c(C)cccc1N.COc1cc(NC(=O)C2CCC(C(C)C)CC2)ccc1C. The molecule has 170 valence electrons. The first kappa shape index (κ1) is 24.8. The van der Waals surface area contributed by atoms with Crippen LogP contribution >= 0.6 is 0 Å². The number of nitrogens with two attached hydrogens (primary N) is 1. The Morgan fingerprint density at radius 2 is 1.77 bits per heavy atom. The van der Waals surface area contributed by atoms with Crippen LogP contribution < -0.4 is 15.8 Å². The fraction of sp³-hybridized carbons (Fsp3) is 0.519. The number of amides is 1. The number of hydrogen-bond donors (Lipinski definition) is 2. The molecule has 1 saturated carbocycles. The molecule has 31 heavy (non-hydrogen) atoms. The van der Waals surface area contributed by atoms with E-state index in [4.69, 9.17) is 10.5 Å². The average Bonchev–Trinajstić information content (AvgIpc) is 2.75. The van der Waals surface area contributed by atoms with Gasteiger partial charge in [-0.15, -0.1) is 0 Å². The van der Waals surface area contributed by atoms with Crippen LogP contribution in [0.15, 0.2) is 36.4 Å². The van der Waals surface area contributed by atoms with E-state index in [0.717, 1.165) is 53.8 Å². The van der Waals surface area contributed by atoms with E-state index in [1.807, 2.05) is 37.3 Å². The number of carbonyl (C=O) groups excluding carboxylic acids is 1. The van der Waals surface area contributed by atoms with Gasteiger partial charge in [0, 0.05) is 23.4 Å². The molecule has 0 atom stereocenters. The summed E-state index contributed by atoms with van der Waals surface area (Å²) in [6.07, 6.45) is 5.40. The van der Waals surface area contributed by atoms with E-state index in [1.54, 1.807) is 7.11 Å². The van der Waals surface area contributed by atoms with Crippen LogP contribution in [-0.4, -0.2) is 13.0 Å². The monoisotopic (exact) mass is 424 g/mol. The molecule has 0 spiro atoms. The van der Waals surface area contributed by atoms with E-state index in [2.05, 4.69) is 39.1 Å². The van der Waals surface area contributed by atoms with Gasteiger partial charge in [0.05, 0.1) is 7.11 Å². The van der Waals surface area contributed by atoms with Crippen LogP contribution in [0.25, 0.3) is 0 Å². The highest BCUT2D eigenvalue weighted by molar-refractivity contribution is 5.92. The average molecular weight is 425 g/mol. The molecule has 3 N–H and O–H groups in total. The van der Waals surface area contributed by atoms with E-state index < -0.39 is 0 Å². The molecule has 0 bridgehead atoms. The minimum atomic E-state index is 0.156. The van der Waals surface area contributed by atoms with Gasteiger partial charge in [-0.05, 0) is 86.6 Å². The highest BCUT2D eigenvalue weighted by Crippen LogP contribution is 2.34. The summed E-state index contributed by atoms with van der Waals surface area (Å²) in [7, 11) is 1.65. The molecule has 3 rings (SSSR count). The van der Waals surface area contributed by atoms with Gasteiger partial charge in [0.2, 0.25) is 5.91 Å². The predicted molar refractivity (Wildman–Crippen MR) is 132 cm³/mol. The Bertz CT molecular complexity index is 832. The van der Waals surface area contributed by atoms with Crippen molar-refractivity contribution in [3.63, 3.8) is 0 Å². The first-order valence-corrected chi connectivity index (χ1v) is 11.6. The third kappa shape index (κ3) is 7.02. The largest absolute Gasteiger partial charge is 0.496 e. The minimum absolute atomic E-state index is 0.156. The number of nitrogens with one attached hydrogen (secondary N) is 1. The van der Waals surface area contributed by atoms with Crippen molar-refractivity contribution in [3.8, 4) is 5.75 Å². The Hall–Kier alpha value is -2.49. The lowest BCUT2D eigenvalue weighted by atomic mass is 9.76. The predicted octanol–water partition coefficient (Wildman–Crippen LogP) is 6.54. The molecule has 0 aliphatic heterocycles. The molecule has 0 unspecified atom stereocenters. The number of anilines is 2. The van der Waals surface area contributed by atoms with E-state index in [0.29, 0.717) is 0 Å². The second kappa shape index (κ2) is 11.8. The van der Waals surface area contributed by atoms with Crippen LogP contribution in [-0.2, 0) is 11.2 Å². The lowest BCUT2D eigenvalue weighted by Gasteiger charge is -2.30. The number of hydrogen-bond acceptors (Lipinski definition) is 3. The molecule has 1 amide bonds. The number of rotatable bonds is 5. The summed E-state index contributed by atoms with van der Waals surface area (Å²) < 4.78 is 5.30. The van der Waals surface area contributed by atoms with Gasteiger partial charge in [0.15, 0.2) is 0 Å². The molecule has 4 heteroatoms. The summed E-state index contributed by atoms with van der Waals surface area (Å²) in [5, 5.41) is 3.04. The van der Waals surface area contributed by atoms with E-state index >= 15 is 0 Å². The molecule has 0 saturated heterocycles. The fourth-order valence-corrected chi connectivity index (χ4v) is 4.40. The van der Waals surface area contributed by atoms with Crippen molar-refractivity contribution < 1.29 is 9.53 Å². The third-order valence-corrected chi connectivity index (χ3v) is 6.56. The summed E-state index contributed by atoms with van der Waals surface area (Å²) in [5.41, 5.74) is 11.1. The van der Waals surface area contributed by atoms with Crippen LogP contribution in [0, 0.1) is 31.6 Å². The summed E-state index contributed by atoms with van der Waals surface area (Å²) in [4.78, 5) is 12.4. The topological polar surface area (TPSA) is 64.3 Å². The van der Waals surface area contributed by atoms with E-state index in [9.17, 15) is 4.79 Å². The fourth-order valence-electron chi connectivity index (χ4n) is 4.40. The van der Waals surface area contributed by atoms with Gasteiger partial charge in [-0.2, -0.15) is 0 Å². The molecule has 4 nitrogen and oxygen atoms in total. The van der Waals surface area contributed by atoms with Crippen molar-refractivity contribution in [3.05, 3.63) is 53.1 Å². The van der Waals surface area contributed by atoms with E-state index in [1.165, 1.54) is 24.0 Å². The summed E-state index contributed by atoms with van der Waals surface area (Å²) >= 11 is 0. The number of carbonyl (C=O) groups is 1. The van der Waals surface area contributed by atoms with Gasteiger partial charge in [0.25, 0.3) is 0 Å². The zero-order valence-electron chi connectivity index (χ0n) is 20.1. The van der Waals surface area contributed by atoms with E-state index in [-0.39, 0.29) is 11.8 Å². The van der Waals surface area contributed by atoms with Crippen LogP contribution in [0.2, 0.25) is 0 Å². The maximum atomic E-state index is 12.4. The second-order valence-corrected chi connectivity index (χ2v) is 9.03. The molecular formula is C27H40N2O2. The van der Waals surface area contributed by atoms with Gasteiger partial charge in [0.1, 0.15) is 5.75 Å². The van der Waals surface area contributed by atoms with Crippen LogP contribution in [0.1, 0.15) is 63.1 Å². The number of methoxy groups -OCH3 is 1. The molecule has 2 aromatic carbocycles. The summed E-state index contributed by atoms with van der Waals surface area (Å²) in [5.74, 6) is 2.65. The van der Waals surface area contributed by atoms with Crippen molar-refractivity contribution in [1.82, 2.24) is 0 Å². The lowest BCUT2D eigenvalue weighted by Crippen LogP contribution is -2.28. The number of ether oxygens (including phenoxy) is 1. The Balaban J connectivity index is 0.000000285. The van der Waals surface area contributed by atoms with Gasteiger partial charge in [-0.3, -0.25) is 4.79 Å².